The topological polar surface area (TPSA) is 26.3 Å². The molecule has 5 heteroatoms. The van der Waals surface area contributed by atoms with Gasteiger partial charge in [0.1, 0.15) is 5.78 Å². The van der Waals surface area contributed by atoms with E-state index in [1.165, 1.54) is 0 Å². The molecule has 0 aromatic carbocycles. The zero-order chi connectivity index (χ0) is 11.4. The summed E-state index contributed by atoms with van der Waals surface area (Å²) in [5.74, 6) is -0.0525. The van der Waals surface area contributed by atoms with Crippen LogP contribution in [0.4, 0.5) is 13.2 Å². The lowest BCUT2D eigenvalue weighted by atomic mass is 9.88. The van der Waals surface area contributed by atoms with Crippen molar-refractivity contribution in [2.75, 3.05) is 6.61 Å². The first kappa shape index (κ1) is 13.4. The second kappa shape index (κ2) is 4.77. The van der Waals surface area contributed by atoms with Gasteiger partial charge in [-0.25, -0.2) is 0 Å². The van der Waals surface area contributed by atoms with E-state index in [4.69, 9.17) is 0 Å². The Labute approximate surface area is 81.4 Å². The quantitative estimate of drug-likeness (QED) is 0.670. The van der Waals surface area contributed by atoms with Crippen LogP contribution < -0.4 is 0 Å². The molecule has 0 aliphatic rings. The van der Waals surface area contributed by atoms with Gasteiger partial charge >= 0.3 is 6.36 Å². The summed E-state index contributed by atoms with van der Waals surface area (Å²) in [7, 11) is 0. The Morgan fingerprint density at radius 3 is 2.07 bits per heavy atom. The van der Waals surface area contributed by atoms with Gasteiger partial charge in [0.2, 0.25) is 0 Å². The molecular weight excluding hydrogens is 197 g/mol. The molecule has 0 aliphatic heterocycles. The lowest BCUT2D eigenvalue weighted by Crippen LogP contribution is -2.21. The van der Waals surface area contributed by atoms with E-state index in [2.05, 4.69) is 4.74 Å². The van der Waals surface area contributed by atoms with Crippen LogP contribution in [0.15, 0.2) is 0 Å². The third-order valence-electron chi connectivity index (χ3n) is 1.65. The summed E-state index contributed by atoms with van der Waals surface area (Å²) < 4.78 is 38.1. The van der Waals surface area contributed by atoms with E-state index >= 15 is 0 Å². The molecule has 0 bridgehead atoms. The lowest BCUT2D eigenvalue weighted by Gasteiger charge is -2.16. The molecule has 0 radical (unpaired) electrons. The van der Waals surface area contributed by atoms with Gasteiger partial charge in [-0.3, -0.25) is 9.53 Å². The standard InChI is InChI=1S/C9H15F3O2/c1-8(2,3)7(13)5-4-6-14-9(10,11)12/h4-6H2,1-3H3. The number of ketones is 1. The molecule has 0 saturated carbocycles. The summed E-state index contributed by atoms with van der Waals surface area (Å²) >= 11 is 0. The number of ether oxygens (including phenoxy) is 1. The summed E-state index contributed by atoms with van der Waals surface area (Å²) in [6.07, 6.45) is -4.36. The highest BCUT2D eigenvalue weighted by molar-refractivity contribution is 5.83. The van der Waals surface area contributed by atoms with E-state index in [0.29, 0.717) is 0 Å². The summed E-state index contributed by atoms with van der Waals surface area (Å²) in [5, 5.41) is 0. The van der Waals surface area contributed by atoms with E-state index < -0.39 is 18.4 Å². The first-order valence-corrected chi connectivity index (χ1v) is 4.37. The minimum Gasteiger partial charge on any atom is -0.299 e. The van der Waals surface area contributed by atoms with Gasteiger partial charge in [0, 0.05) is 11.8 Å². The number of carbonyl (C=O) groups is 1. The molecule has 0 aromatic rings. The van der Waals surface area contributed by atoms with E-state index in [-0.39, 0.29) is 18.6 Å². The maximum absolute atomic E-state index is 11.5. The number of halogens is 3. The van der Waals surface area contributed by atoms with E-state index in [9.17, 15) is 18.0 Å². The van der Waals surface area contributed by atoms with Crippen LogP contribution in [0.3, 0.4) is 0 Å². The second-order valence-electron chi connectivity index (χ2n) is 4.07. The average Bonchev–Trinajstić information content (AvgIpc) is 1.93. The third kappa shape index (κ3) is 6.88. The van der Waals surface area contributed by atoms with Gasteiger partial charge in [-0.2, -0.15) is 0 Å². The molecule has 0 amide bonds. The zero-order valence-electron chi connectivity index (χ0n) is 8.57. The van der Waals surface area contributed by atoms with Crippen molar-refractivity contribution in [3.63, 3.8) is 0 Å². The van der Waals surface area contributed by atoms with Crippen molar-refractivity contribution in [1.82, 2.24) is 0 Å². The lowest BCUT2D eigenvalue weighted by molar-refractivity contribution is -0.324. The van der Waals surface area contributed by atoms with E-state index in [1.807, 2.05) is 0 Å². The van der Waals surface area contributed by atoms with Crippen molar-refractivity contribution < 1.29 is 22.7 Å². The van der Waals surface area contributed by atoms with Crippen LogP contribution in [0.25, 0.3) is 0 Å². The van der Waals surface area contributed by atoms with Gasteiger partial charge in [-0.05, 0) is 6.42 Å². The number of carbonyl (C=O) groups excluding carboxylic acids is 1. The summed E-state index contributed by atoms with van der Waals surface area (Å²) in [6, 6.07) is 0. The molecule has 0 fully saturated rings. The molecule has 0 N–H and O–H groups in total. The van der Waals surface area contributed by atoms with E-state index in [1.54, 1.807) is 20.8 Å². The minimum absolute atomic E-state index is 0.0525. The molecule has 0 aliphatic carbocycles. The molecule has 84 valence electrons. The number of hydrogen-bond donors (Lipinski definition) is 0. The Morgan fingerprint density at radius 1 is 1.21 bits per heavy atom. The Balaban J connectivity index is 3.62. The first-order chi connectivity index (χ1) is 6.13. The van der Waals surface area contributed by atoms with Gasteiger partial charge in [-0.15, -0.1) is 13.2 Å². The Bertz CT molecular complexity index is 191. The summed E-state index contributed by atoms with van der Waals surface area (Å²) in [6.45, 7) is 4.76. The van der Waals surface area contributed by atoms with Crippen molar-refractivity contribution in [2.45, 2.75) is 40.0 Å². The van der Waals surface area contributed by atoms with Gasteiger partial charge in [0.15, 0.2) is 0 Å². The fourth-order valence-corrected chi connectivity index (χ4v) is 0.796. The predicted molar refractivity (Wildman–Crippen MR) is 45.7 cm³/mol. The van der Waals surface area contributed by atoms with Crippen molar-refractivity contribution in [3.8, 4) is 0 Å². The second-order valence-corrected chi connectivity index (χ2v) is 4.07. The number of rotatable bonds is 4. The molecule has 0 rings (SSSR count). The molecule has 0 heterocycles. The van der Waals surface area contributed by atoms with Gasteiger partial charge in [0.05, 0.1) is 6.61 Å². The van der Waals surface area contributed by atoms with Gasteiger partial charge < -0.3 is 0 Å². The third-order valence-corrected chi connectivity index (χ3v) is 1.65. The van der Waals surface area contributed by atoms with Gasteiger partial charge in [-0.1, -0.05) is 20.8 Å². The van der Waals surface area contributed by atoms with Crippen LogP contribution in [0, 0.1) is 5.41 Å². The van der Waals surface area contributed by atoms with Crippen LogP contribution in [0.5, 0.6) is 0 Å². The van der Waals surface area contributed by atoms with Crippen LogP contribution in [-0.2, 0) is 9.53 Å². The minimum atomic E-state index is -4.59. The summed E-state index contributed by atoms with van der Waals surface area (Å²) in [5.41, 5.74) is -0.488. The van der Waals surface area contributed by atoms with Crippen molar-refractivity contribution in [1.29, 1.82) is 0 Å². The maximum atomic E-state index is 11.5. The Kier molecular flexibility index (Phi) is 4.58. The fraction of sp³-hybridized carbons (Fsp3) is 0.889. The van der Waals surface area contributed by atoms with Crippen LogP contribution in [0.1, 0.15) is 33.6 Å². The van der Waals surface area contributed by atoms with Crippen LogP contribution in [-0.4, -0.2) is 18.8 Å². The number of alkyl halides is 3. The van der Waals surface area contributed by atoms with Crippen molar-refractivity contribution in [3.05, 3.63) is 0 Å². The molecule has 0 aromatic heterocycles. The van der Waals surface area contributed by atoms with Gasteiger partial charge in [0.25, 0.3) is 0 Å². The number of hydrogen-bond acceptors (Lipinski definition) is 2. The highest BCUT2D eigenvalue weighted by Gasteiger charge is 2.29. The first-order valence-electron chi connectivity index (χ1n) is 4.37. The molecule has 0 atom stereocenters. The molecule has 0 saturated heterocycles. The fourth-order valence-electron chi connectivity index (χ4n) is 0.796. The van der Waals surface area contributed by atoms with E-state index in [0.717, 1.165) is 0 Å². The van der Waals surface area contributed by atoms with Crippen molar-refractivity contribution >= 4 is 5.78 Å². The molecular formula is C9H15F3O2. The normalized spacial score (nSPS) is 13.0. The Morgan fingerprint density at radius 2 is 1.71 bits per heavy atom. The monoisotopic (exact) mass is 212 g/mol. The average molecular weight is 212 g/mol. The number of Topliss-reactive ketones (excluding diaryl/α,β-unsaturated/α-hetero) is 1. The van der Waals surface area contributed by atoms with Crippen molar-refractivity contribution in [2.24, 2.45) is 5.41 Å². The Hall–Kier alpha value is -0.580. The smallest absolute Gasteiger partial charge is 0.299 e. The predicted octanol–water partition coefficient (Wildman–Crippen LogP) is 2.92. The molecule has 2 nitrogen and oxygen atoms in total. The van der Waals surface area contributed by atoms with Crippen LogP contribution >= 0.6 is 0 Å². The van der Waals surface area contributed by atoms with Crippen LogP contribution in [0.2, 0.25) is 0 Å². The zero-order valence-corrected chi connectivity index (χ0v) is 8.57. The molecule has 0 spiro atoms. The highest BCUT2D eigenvalue weighted by Crippen LogP contribution is 2.19. The summed E-state index contributed by atoms with van der Waals surface area (Å²) in [4.78, 5) is 11.3. The highest BCUT2D eigenvalue weighted by atomic mass is 19.4. The molecule has 0 unspecified atom stereocenters. The molecule has 14 heavy (non-hydrogen) atoms. The maximum Gasteiger partial charge on any atom is 0.522 e. The SMILES string of the molecule is CC(C)(C)C(=O)CCCOC(F)(F)F. The largest absolute Gasteiger partial charge is 0.522 e.